The maximum absolute atomic E-state index is 12.5. The maximum atomic E-state index is 12.5. The van der Waals surface area contributed by atoms with Crippen LogP contribution in [-0.4, -0.2) is 35.4 Å². The van der Waals surface area contributed by atoms with Gasteiger partial charge in [-0.15, -0.1) is 0 Å². The minimum Gasteiger partial charge on any atom is -0.426 e. The van der Waals surface area contributed by atoms with Gasteiger partial charge in [0.05, 0.1) is 0 Å². The summed E-state index contributed by atoms with van der Waals surface area (Å²) in [4.78, 5) is 25.0. The summed E-state index contributed by atoms with van der Waals surface area (Å²) in [7, 11) is 0. The van der Waals surface area contributed by atoms with Crippen molar-refractivity contribution in [2.75, 3.05) is 13.2 Å². The van der Waals surface area contributed by atoms with E-state index in [0.29, 0.717) is 35.5 Å². The van der Waals surface area contributed by atoms with Gasteiger partial charge < -0.3 is 19.7 Å². The van der Waals surface area contributed by atoms with Gasteiger partial charge in [-0.25, -0.2) is 0 Å². The van der Waals surface area contributed by atoms with E-state index in [1.165, 1.54) is 0 Å². The summed E-state index contributed by atoms with van der Waals surface area (Å²) < 4.78 is 11.5. The summed E-state index contributed by atoms with van der Waals surface area (Å²) in [6.07, 6.45) is 0.788. The van der Waals surface area contributed by atoms with Crippen LogP contribution in [0.25, 0.3) is 32.7 Å². The first-order valence-corrected chi connectivity index (χ1v) is 11.3. The van der Waals surface area contributed by atoms with Gasteiger partial charge in [0.2, 0.25) is 0 Å². The lowest BCUT2D eigenvalue weighted by Gasteiger charge is -2.18. The number of aliphatic hydroxyl groups excluding tert-OH is 2. The Kier molecular flexibility index (Phi) is 7.52. The van der Waals surface area contributed by atoms with Crippen molar-refractivity contribution in [1.82, 2.24) is 0 Å². The van der Waals surface area contributed by atoms with Gasteiger partial charge in [-0.05, 0) is 46.5 Å². The average molecular weight is 459 g/mol. The van der Waals surface area contributed by atoms with Gasteiger partial charge in [0, 0.05) is 37.2 Å². The van der Waals surface area contributed by atoms with Crippen molar-refractivity contribution in [1.29, 1.82) is 0 Å². The summed E-state index contributed by atoms with van der Waals surface area (Å²) in [6.45, 7) is -0.201. The van der Waals surface area contributed by atoms with Crippen LogP contribution in [0.1, 0.15) is 25.7 Å². The first kappa shape index (κ1) is 23.4. The van der Waals surface area contributed by atoms with Crippen molar-refractivity contribution in [3.63, 3.8) is 0 Å². The van der Waals surface area contributed by atoms with E-state index in [4.69, 9.17) is 19.7 Å². The van der Waals surface area contributed by atoms with Gasteiger partial charge in [-0.2, -0.15) is 0 Å². The zero-order valence-corrected chi connectivity index (χ0v) is 18.7. The van der Waals surface area contributed by atoms with E-state index in [1.54, 1.807) is 12.1 Å². The normalized spacial score (nSPS) is 11.0. The molecule has 6 heteroatoms. The Hall–Kier alpha value is -3.74. The third kappa shape index (κ3) is 5.09. The largest absolute Gasteiger partial charge is 0.426 e. The van der Waals surface area contributed by atoms with Crippen LogP contribution < -0.4 is 9.47 Å². The van der Waals surface area contributed by atoms with Crippen LogP contribution in [0.2, 0.25) is 0 Å². The number of ether oxygens (including phenoxy) is 2. The van der Waals surface area contributed by atoms with Gasteiger partial charge in [0.25, 0.3) is 0 Å². The molecular formula is C28H26O6. The molecule has 0 saturated heterocycles. The number of rotatable bonds is 9. The van der Waals surface area contributed by atoms with Crippen molar-refractivity contribution in [2.24, 2.45) is 0 Å². The Labute approximate surface area is 197 Å². The maximum Gasteiger partial charge on any atom is 0.311 e. The van der Waals surface area contributed by atoms with Gasteiger partial charge in [-0.3, -0.25) is 9.59 Å². The Morgan fingerprint density at radius 2 is 1.00 bits per heavy atom. The molecule has 4 aromatic rings. The zero-order chi connectivity index (χ0) is 23.9. The Bertz CT molecular complexity index is 1220. The van der Waals surface area contributed by atoms with Crippen LogP contribution in [0.4, 0.5) is 0 Å². The molecule has 0 heterocycles. The fourth-order valence-corrected chi connectivity index (χ4v) is 3.98. The lowest BCUT2D eigenvalue weighted by Crippen LogP contribution is -2.11. The lowest BCUT2D eigenvalue weighted by molar-refractivity contribution is -0.135. The summed E-state index contributed by atoms with van der Waals surface area (Å²) in [5, 5.41) is 21.7. The van der Waals surface area contributed by atoms with E-state index in [-0.39, 0.29) is 26.1 Å². The summed E-state index contributed by atoms with van der Waals surface area (Å²) in [5.74, 6) is -0.198. The molecule has 0 unspecified atom stereocenters. The van der Waals surface area contributed by atoms with Gasteiger partial charge in [0.15, 0.2) is 0 Å². The first-order chi connectivity index (χ1) is 16.6. The minimum atomic E-state index is -0.452. The van der Waals surface area contributed by atoms with Crippen LogP contribution in [0, 0.1) is 0 Å². The molecule has 0 atom stereocenters. The molecule has 4 rings (SSSR count). The molecule has 0 aromatic heterocycles. The van der Waals surface area contributed by atoms with E-state index in [1.807, 2.05) is 60.7 Å². The molecule has 6 nitrogen and oxygen atoms in total. The number of fused-ring (bicyclic) bond motifs is 2. The SMILES string of the molecule is O=C(CCCO)Oc1ccc2ccccc2c1-c1c(OC(=O)CCCO)ccc2ccccc12. The summed E-state index contributed by atoms with van der Waals surface area (Å²) in [5.41, 5.74) is 1.30. The highest BCUT2D eigenvalue weighted by Crippen LogP contribution is 2.45. The predicted octanol–water partition coefficient (Wildman–Crippen LogP) is 5.02. The zero-order valence-electron chi connectivity index (χ0n) is 18.7. The highest BCUT2D eigenvalue weighted by atomic mass is 16.5. The van der Waals surface area contributed by atoms with E-state index in [9.17, 15) is 9.59 Å². The molecular weight excluding hydrogens is 432 g/mol. The lowest BCUT2D eigenvalue weighted by atomic mass is 9.92. The van der Waals surface area contributed by atoms with Gasteiger partial charge in [-0.1, -0.05) is 60.7 Å². The fraction of sp³-hybridized carbons (Fsp3) is 0.214. The van der Waals surface area contributed by atoms with E-state index in [0.717, 1.165) is 21.5 Å². The number of esters is 2. The number of hydrogen-bond donors (Lipinski definition) is 2. The predicted molar refractivity (Wildman–Crippen MR) is 131 cm³/mol. The molecule has 0 bridgehead atoms. The molecule has 174 valence electrons. The summed E-state index contributed by atoms with van der Waals surface area (Å²) in [6, 6.07) is 22.7. The van der Waals surface area contributed by atoms with Crippen molar-refractivity contribution in [3.8, 4) is 22.6 Å². The van der Waals surface area contributed by atoms with Crippen LogP contribution in [-0.2, 0) is 9.59 Å². The number of carbonyl (C=O) groups is 2. The highest BCUT2D eigenvalue weighted by molar-refractivity contribution is 6.10. The number of hydrogen-bond acceptors (Lipinski definition) is 6. The molecule has 4 aromatic carbocycles. The van der Waals surface area contributed by atoms with Gasteiger partial charge in [0.1, 0.15) is 11.5 Å². The third-order valence-electron chi connectivity index (χ3n) is 5.56. The molecule has 0 aliphatic rings. The van der Waals surface area contributed by atoms with Crippen molar-refractivity contribution >= 4 is 33.5 Å². The van der Waals surface area contributed by atoms with Gasteiger partial charge >= 0.3 is 11.9 Å². The quantitative estimate of drug-likeness (QED) is 0.270. The first-order valence-electron chi connectivity index (χ1n) is 11.3. The Morgan fingerprint density at radius 3 is 1.41 bits per heavy atom. The average Bonchev–Trinajstić information content (AvgIpc) is 2.86. The number of aliphatic hydroxyl groups is 2. The second kappa shape index (κ2) is 10.9. The molecule has 34 heavy (non-hydrogen) atoms. The topological polar surface area (TPSA) is 93.1 Å². The molecule has 0 spiro atoms. The molecule has 0 aliphatic carbocycles. The summed E-state index contributed by atoms with van der Waals surface area (Å²) >= 11 is 0. The fourth-order valence-electron chi connectivity index (χ4n) is 3.98. The molecule has 0 amide bonds. The Morgan fingerprint density at radius 1 is 0.588 bits per heavy atom. The van der Waals surface area contributed by atoms with Crippen LogP contribution in [0.5, 0.6) is 11.5 Å². The third-order valence-corrected chi connectivity index (χ3v) is 5.56. The van der Waals surface area contributed by atoms with Crippen molar-refractivity contribution in [3.05, 3.63) is 72.8 Å². The second-order valence-corrected chi connectivity index (χ2v) is 7.92. The standard InChI is InChI=1S/C28H26O6/c29-17-5-11-25(31)33-23-15-13-19-7-1-3-9-21(19)27(23)28-22-10-4-2-8-20(22)14-16-24(28)34-26(32)12-6-18-30/h1-4,7-10,13-16,29-30H,5-6,11-12,17-18H2. The van der Waals surface area contributed by atoms with Crippen molar-refractivity contribution < 1.29 is 29.3 Å². The van der Waals surface area contributed by atoms with E-state index in [2.05, 4.69) is 0 Å². The highest BCUT2D eigenvalue weighted by Gasteiger charge is 2.21. The number of carbonyl (C=O) groups excluding carboxylic acids is 2. The molecule has 2 N–H and O–H groups in total. The molecule has 0 aliphatic heterocycles. The minimum absolute atomic E-state index is 0.0846. The van der Waals surface area contributed by atoms with Crippen LogP contribution in [0.3, 0.4) is 0 Å². The van der Waals surface area contributed by atoms with E-state index < -0.39 is 11.9 Å². The molecule has 0 radical (unpaired) electrons. The second-order valence-electron chi connectivity index (χ2n) is 7.92. The van der Waals surface area contributed by atoms with Crippen LogP contribution >= 0.6 is 0 Å². The number of benzene rings is 4. The van der Waals surface area contributed by atoms with Crippen molar-refractivity contribution in [2.45, 2.75) is 25.7 Å². The smallest absolute Gasteiger partial charge is 0.311 e. The molecule has 0 fully saturated rings. The van der Waals surface area contributed by atoms with E-state index >= 15 is 0 Å². The van der Waals surface area contributed by atoms with Crippen LogP contribution in [0.15, 0.2) is 72.8 Å². The molecule has 0 saturated carbocycles. The Balaban J connectivity index is 1.94. The monoisotopic (exact) mass is 458 g/mol.